The second kappa shape index (κ2) is 1.71. The van der Waals surface area contributed by atoms with Gasteiger partial charge in [0.2, 0.25) is 0 Å². The third-order valence-electron chi connectivity index (χ3n) is 18.4. The van der Waals surface area contributed by atoms with E-state index >= 15 is 0 Å². The van der Waals surface area contributed by atoms with E-state index in [4.69, 9.17) is 0 Å². The summed E-state index contributed by atoms with van der Waals surface area (Å²) in [6.07, 6.45) is 15.7. The van der Waals surface area contributed by atoms with Crippen molar-refractivity contribution in [1.29, 1.82) is 0 Å². The average molecular weight is 512 g/mol. The molecule has 0 nitrogen and oxygen atoms in total. The number of unbranched alkanes of at least 4 members (excludes halogenated alkanes) is 6. The summed E-state index contributed by atoms with van der Waals surface area (Å²) in [5.41, 5.74) is 0. The summed E-state index contributed by atoms with van der Waals surface area (Å²) in [7, 11) is 0. The Morgan fingerprint density at radius 2 is 0.920 bits per heavy atom. The normalized spacial score (nSPS) is 87.9. The van der Waals surface area contributed by atoms with Gasteiger partial charge in [-0.05, 0) is 0 Å². The third kappa shape index (κ3) is 0.235. The Labute approximate surface area is 159 Å². The van der Waals surface area contributed by atoms with Crippen LogP contribution in [0.5, 0.6) is 0 Å². The minimum absolute atomic E-state index is 1.16. The van der Waals surface area contributed by atoms with Crippen molar-refractivity contribution in [2.24, 2.45) is 0 Å². The zero-order valence-electron chi connectivity index (χ0n) is 15.2. The molecular weight excluding hydrogens is 480 g/mol. The first-order chi connectivity index (χ1) is 12.1. The van der Waals surface area contributed by atoms with Crippen molar-refractivity contribution in [3.63, 3.8) is 0 Å². The van der Waals surface area contributed by atoms with E-state index in [0.29, 0.717) is 0 Å². The van der Waals surface area contributed by atoms with Crippen molar-refractivity contribution in [2.75, 3.05) is 10.7 Å². The molecule has 0 saturated carbocycles. The van der Waals surface area contributed by atoms with Crippen molar-refractivity contribution in [3.05, 3.63) is 0 Å². The van der Waals surface area contributed by atoms with Gasteiger partial charge in [-0.3, -0.25) is 0 Å². The molecule has 10 fully saturated rings. The van der Waals surface area contributed by atoms with E-state index in [1.807, 2.05) is 0 Å². The van der Waals surface area contributed by atoms with Crippen LogP contribution < -0.4 is 0 Å². The van der Waals surface area contributed by atoms with Crippen molar-refractivity contribution in [2.45, 2.75) is 111 Å². The van der Waals surface area contributed by atoms with E-state index in [1.54, 1.807) is 38.5 Å². The predicted molar refractivity (Wildman–Crippen MR) is 109 cm³/mol. The summed E-state index contributed by atoms with van der Waals surface area (Å²) in [4.78, 5) is 12.2. The fourth-order valence-corrected chi connectivity index (χ4v) is 99.8. The van der Waals surface area contributed by atoms with Gasteiger partial charge in [0.1, 0.15) is 0 Å². The SMILES string of the molecule is BrCCCCCC[C]12[CH]3[CH]4[CH]5[C]1(CCCCCCBr)[Fe]43521678[CH]2[CH]1[CH]6[CH]7[CH]28. The molecule has 10 rings (SSSR count). The molecule has 0 aliphatic carbocycles. The van der Waals surface area contributed by atoms with Gasteiger partial charge >= 0.3 is 160 Å². The summed E-state index contributed by atoms with van der Waals surface area (Å²) < 4.78 is 2.33. The molecule has 0 N–H and O–H groups in total. The van der Waals surface area contributed by atoms with Crippen LogP contribution in [0.15, 0.2) is 0 Å². The van der Waals surface area contributed by atoms with Crippen LogP contribution in [0.3, 0.4) is 0 Å². The topological polar surface area (TPSA) is 0 Å². The van der Waals surface area contributed by atoms with Crippen LogP contribution in [0.25, 0.3) is 0 Å². The average Bonchev–Trinajstić information content (AvgIpc) is 3.56. The first kappa shape index (κ1) is 13.7. The predicted octanol–water partition coefficient (Wildman–Crippen LogP) is 8.81. The van der Waals surface area contributed by atoms with Gasteiger partial charge in [0, 0.05) is 0 Å². The van der Waals surface area contributed by atoms with Crippen LogP contribution in [0.1, 0.15) is 64.2 Å². The van der Waals surface area contributed by atoms with Crippen LogP contribution in [-0.4, -0.2) is 10.7 Å². The summed E-state index contributed by atoms with van der Waals surface area (Å²) >= 11 is 7.26. The summed E-state index contributed by atoms with van der Waals surface area (Å²) in [6.45, 7) is -2.97. The second-order valence-corrected chi connectivity index (χ2v) is 38.8. The van der Waals surface area contributed by atoms with Gasteiger partial charge in [-0.1, -0.05) is 0 Å². The number of hydrogen-bond acceptors (Lipinski definition) is 0. The Kier molecular flexibility index (Phi) is 0.934. The fraction of sp³-hybridized carbons (Fsp3) is 1.00. The maximum atomic E-state index is 3.63. The van der Waals surface area contributed by atoms with E-state index in [9.17, 15) is 0 Å². The molecule has 0 bridgehead atoms. The Bertz CT molecular complexity index is 1000. The molecule has 0 aromatic heterocycles. The van der Waals surface area contributed by atoms with Gasteiger partial charge in [-0.15, -0.1) is 0 Å². The molecule has 1 spiro atoms. The van der Waals surface area contributed by atoms with Crippen LogP contribution in [0, 0.1) is 0 Å². The summed E-state index contributed by atoms with van der Waals surface area (Å²) in [5.74, 6) is 0. The standard InChI is InChI=1S/C17H27Br2.C5H5.Fe/c18-14-7-3-1-5-10-16-12-9-13-17(16)11-6-2-4-8-15-19;1-2-4-5-3-1;/h9,12-13H,1-8,10-11,14-15H2;1-5H;. The van der Waals surface area contributed by atoms with E-state index < -0.39 is 6.51 Å². The van der Waals surface area contributed by atoms with Gasteiger partial charge in [0.05, 0.1) is 0 Å². The fourth-order valence-electron chi connectivity index (χ4n) is 20.6. The molecule has 0 radical (unpaired) electrons. The number of rotatable bonds is 12. The molecule has 4 atom stereocenters. The molecule has 0 amide bonds. The van der Waals surface area contributed by atoms with Gasteiger partial charge < -0.3 is 0 Å². The van der Waals surface area contributed by atoms with Gasteiger partial charge in [0.25, 0.3) is 0 Å². The minimum atomic E-state index is -2.97. The second-order valence-electron chi connectivity index (χ2n) is 13.8. The first-order valence-electron chi connectivity index (χ1n) is 11.4. The molecule has 10 saturated heterocycles. The van der Waals surface area contributed by atoms with Crippen LogP contribution in [0.4, 0.5) is 0 Å². The molecule has 0 aromatic carbocycles. The van der Waals surface area contributed by atoms with Crippen molar-refractivity contribution >= 4 is 31.9 Å². The zero-order chi connectivity index (χ0) is 16.4. The van der Waals surface area contributed by atoms with Gasteiger partial charge in [0.15, 0.2) is 0 Å². The Hall–Kier alpha value is 1.48. The monoisotopic (exact) mass is 510 g/mol. The van der Waals surface area contributed by atoms with Crippen molar-refractivity contribution in [1.82, 2.24) is 0 Å². The van der Waals surface area contributed by atoms with Crippen LogP contribution in [0.2, 0.25) is 47.2 Å². The molecule has 3 heteroatoms. The van der Waals surface area contributed by atoms with Gasteiger partial charge in [-0.25, -0.2) is 0 Å². The van der Waals surface area contributed by atoms with Gasteiger partial charge in [-0.2, -0.15) is 0 Å². The molecule has 10 heterocycles. The number of hydrogen-bond donors (Lipinski definition) is 0. The van der Waals surface area contributed by atoms with Crippen molar-refractivity contribution < 1.29 is 6.51 Å². The number of halogens is 2. The van der Waals surface area contributed by atoms with E-state index in [0.717, 1.165) is 8.63 Å². The quantitative estimate of drug-likeness (QED) is 0.139. The Balaban J connectivity index is 1.03. The van der Waals surface area contributed by atoms with E-state index in [1.165, 1.54) is 74.9 Å². The molecular formula is C22H32Br2Fe. The summed E-state index contributed by atoms with van der Waals surface area (Å²) in [6, 6.07) is 0. The molecule has 10 aliphatic heterocycles. The third-order valence-corrected chi connectivity index (χ3v) is 63.6. The van der Waals surface area contributed by atoms with Crippen molar-refractivity contribution in [3.8, 4) is 0 Å². The molecule has 4 unspecified atom stereocenters. The summed E-state index contributed by atoms with van der Waals surface area (Å²) in [5, 5.41) is 2.45. The zero-order valence-corrected chi connectivity index (χ0v) is 19.5. The molecule has 25 heavy (non-hydrogen) atoms. The molecule has 142 valence electrons. The van der Waals surface area contributed by atoms with Crippen LogP contribution in [-0.2, 0) is 6.51 Å². The van der Waals surface area contributed by atoms with E-state index in [2.05, 4.69) is 31.9 Å². The Morgan fingerprint density at radius 3 is 1.24 bits per heavy atom. The maximum absolute atomic E-state index is 3.63. The first-order valence-corrected chi connectivity index (χ1v) is 19.8. The molecule has 0 aromatic rings. The molecule has 10 aliphatic rings. The van der Waals surface area contributed by atoms with Crippen LogP contribution >= 0.6 is 31.9 Å². The Morgan fingerprint density at radius 1 is 0.520 bits per heavy atom. The van der Waals surface area contributed by atoms with E-state index in [-0.39, 0.29) is 0 Å². The number of fused-ring (bicyclic) bond motifs is 10. The number of alkyl halides is 2.